The van der Waals surface area contributed by atoms with Gasteiger partial charge in [-0.15, -0.1) is 10.2 Å². The Morgan fingerprint density at radius 3 is 3.24 bits per heavy atom. The van der Waals surface area contributed by atoms with Gasteiger partial charge in [-0.1, -0.05) is 0 Å². The van der Waals surface area contributed by atoms with E-state index in [9.17, 15) is 4.79 Å². The Kier molecular flexibility index (Phi) is 2.77. The van der Waals surface area contributed by atoms with Gasteiger partial charge in [0.05, 0.1) is 12.6 Å². The van der Waals surface area contributed by atoms with Gasteiger partial charge in [0.25, 0.3) is 0 Å². The molecule has 92 valence electrons. The average molecular weight is 237 g/mol. The van der Waals surface area contributed by atoms with Gasteiger partial charge in [-0.3, -0.25) is 4.79 Å². The second kappa shape index (κ2) is 4.42. The number of carbonyl (C=O) groups is 1. The monoisotopic (exact) mass is 237 g/mol. The summed E-state index contributed by atoms with van der Waals surface area (Å²) in [7, 11) is 0. The van der Waals surface area contributed by atoms with Crippen LogP contribution in [0.4, 0.5) is 0 Å². The Bertz CT molecular complexity index is 430. The summed E-state index contributed by atoms with van der Waals surface area (Å²) in [5, 5.41) is 14.4. The van der Waals surface area contributed by atoms with Crippen LogP contribution in [-0.4, -0.2) is 40.4 Å². The summed E-state index contributed by atoms with van der Waals surface area (Å²) in [4.78, 5) is 11.5. The molecule has 1 aromatic rings. The smallest absolute Gasteiger partial charge is 0.222 e. The molecule has 2 aliphatic heterocycles. The van der Waals surface area contributed by atoms with Crippen LogP contribution in [0.5, 0.6) is 0 Å². The van der Waals surface area contributed by atoms with Crippen molar-refractivity contribution in [3.05, 3.63) is 11.6 Å². The number of hydrogen-bond donors (Lipinski definition) is 2. The fourth-order valence-corrected chi connectivity index (χ4v) is 2.24. The van der Waals surface area contributed by atoms with Gasteiger partial charge < -0.3 is 19.9 Å². The lowest BCUT2D eigenvalue weighted by atomic mass is 10.2. The largest absolute Gasteiger partial charge is 0.372 e. The van der Waals surface area contributed by atoms with E-state index in [4.69, 9.17) is 4.74 Å². The third-order valence-electron chi connectivity index (χ3n) is 3.09. The molecule has 0 spiro atoms. The number of carbonyl (C=O) groups excluding carboxylic acids is 1. The molecule has 0 bridgehead atoms. The lowest BCUT2D eigenvalue weighted by molar-refractivity contribution is -0.121. The maximum Gasteiger partial charge on any atom is 0.222 e. The van der Waals surface area contributed by atoms with Crippen molar-refractivity contribution in [1.29, 1.82) is 0 Å². The maximum absolute atomic E-state index is 11.5. The van der Waals surface area contributed by atoms with Crippen LogP contribution in [0.25, 0.3) is 0 Å². The zero-order chi connectivity index (χ0) is 11.7. The highest BCUT2D eigenvalue weighted by molar-refractivity contribution is 5.76. The second-order valence-corrected chi connectivity index (χ2v) is 4.24. The van der Waals surface area contributed by atoms with Gasteiger partial charge in [-0.2, -0.15) is 0 Å². The van der Waals surface area contributed by atoms with Gasteiger partial charge in [0.1, 0.15) is 6.61 Å². The van der Waals surface area contributed by atoms with Crippen molar-refractivity contribution in [2.24, 2.45) is 0 Å². The van der Waals surface area contributed by atoms with E-state index in [1.54, 1.807) is 0 Å². The Labute approximate surface area is 98.5 Å². The molecule has 3 rings (SSSR count). The molecule has 1 amide bonds. The Morgan fingerprint density at radius 1 is 1.35 bits per heavy atom. The fourth-order valence-electron chi connectivity index (χ4n) is 2.24. The minimum absolute atomic E-state index is 0.0446. The fraction of sp³-hybridized carbons (Fsp3) is 0.700. The van der Waals surface area contributed by atoms with Gasteiger partial charge in [-0.05, 0) is 0 Å². The normalized spacial score (nSPS) is 24.9. The van der Waals surface area contributed by atoms with E-state index in [2.05, 4.69) is 25.4 Å². The number of ether oxygens (including phenoxy) is 1. The summed E-state index contributed by atoms with van der Waals surface area (Å²) in [6.45, 7) is 3.37. The summed E-state index contributed by atoms with van der Waals surface area (Å²) in [6, 6.07) is -0.0446. The zero-order valence-corrected chi connectivity index (χ0v) is 9.48. The van der Waals surface area contributed by atoms with Gasteiger partial charge in [-0.25, -0.2) is 0 Å². The van der Waals surface area contributed by atoms with Crippen molar-refractivity contribution in [3.63, 3.8) is 0 Å². The molecule has 0 saturated carbocycles. The summed E-state index contributed by atoms with van der Waals surface area (Å²) < 4.78 is 7.37. The number of nitrogens with zero attached hydrogens (tertiary/aromatic N) is 3. The number of nitrogens with one attached hydrogen (secondary N) is 2. The lowest BCUT2D eigenvalue weighted by Gasteiger charge is -2.19. The van der Waals surface area contributed by atoms with E-state index < -0.39 is 0 Å². The van der Waals surface area contributed by atoms with E-state index in [0.717, 1.165) is 24.7 Å². The maximum atomic E-state index is 11.5. The Balaban J connectivity index is 1.87. The molecule has 7 nitrogen and oxygen atoms in total. The number of aromatic nitrogens is 3. The van der Waals surface area contributed by atoms with Crippen LogP contribution in [0.15, 0.2) is 0 Å². The predicted octanol–water partition coefficient (Wildman–Crippen LogP) is -1.04. The van der Waals surface area contributed by atoms with Crippen LogP contribution in [0.1, 0.15) is 24.1 Å². The number of rotatable bonds is 1. The summed E-state index contributed by atoms with van der Waals surface area (Å²) in [5.74, 6) is 1.75. The van der Waals surface area contributed by atoms with Gasteiger partial charge in [0.2, 0.25) is 5.91 Å². The molecule has 1 atom stereocenters. The van der Waals surface area contributed by atoms with Gasteiger partial charge in [0, 0.05) is 26.1 Å². The first kappa shape index (κ1) is 10.7. The first-order chi connectivity index (χ1) is 8.34. The highest BCUT2D eigenvalue weighted by atomic mass is 16.5. The molecule has 1 aromatic heterocycles. The minimum Gasteiger partial charge on any atom is -0.372 e. The van der Waals surface area contributed by atoms with Crippen molar-refractivity contribution >= 4 is 5.91 Å². The van der Waals surface area contributed by atoms with Crippen LogP contribution >= 0.6 is 0 Å². The molecule has 0 aliphatic carbocycles. The van der Waals surface area contributed by atoms with E-state index in [1.165, 1.54) is 0 Å². The van der Waals surface area contributed by atoms with Crippen LogP contribution < -0.4 is 10.6 Å². The molecule has 7 heteroatoms. The molecule has 1 saturated heterocycles. The second-order valence-electron chi connectivity index (χ2n) is 4.24. The SMILES string of the molecule is O=C1CC(c2nnc3n2CCOC3)NCCN1. The lowest BCUT2D eigenvalue weighted by Crippen LogP contribution is -2.28. The topological polar surface area (TPSA) is 81.1 Å². The van der Waals surface area contributed by atoms with Crippen LogP contribution in [-0.2, 0) is 22.7 Å². The van der Waals surface area contributed by atoms with Gasteiger partial charge in [0.15, 0.2) is 11.6 Å². The molecule has 0 aromatic carbocycles. The number of amides is 1. The average Bonchev–Trinajstić information content (AvgIpc) is 2.66. The minimum atomic E-state index is -0.0446. The van der Waals surface area contributed by atoms with Crippen molar-refractivity contribution in [2.75, 3.05) is 19.7 Å². The molecular formula is C10H15N5O2. The van der Waals surface area contributed by atoms with E-state index in [0.29, 0.717) is 26.2 Å². The van der Waals surface area contributed by atoms with Crippen LogP contribution in [0.2, 0.25) is 0 Å². The standard InChI is InChI=1S/C10H15N5O2/c16-9-5-7(11-1-2-12-9)10-14-13-8-6-17-4-3-15(8)10/h7,11H,1-6H2,(H,12,16). The predicted molar refractivity (Wildman–Crippen MR) is 58.0 cm³/mol. The summed E-state index contributed by atoms with van der Waals surface area (Å²) >= 11 is 0. The van der Waals surface area contributed by atoms with E-state index in [1.807, 2.05) is 0 Å². The number of hydrogen-bond acceptors (Lipinski definition) is 5. The zero-order valence-electron chi connectivity index (χ0n) is 9.48. The summed E-state index contributed by atoms with van der Waals surface area (Å²) in [6.07, 6.45) is 0.416. The first-order valence-corrected chi connectivity index (χ1v) is 5.84. The Hall–Kier alpha value is -1.47. The quantitative estimate of drug-likeness (QED) is 0.652. The molecule has 1 fully saturated rings. The summed E-state index contributed by atoms with van der Waals surface area (Å²) in [5.41, 5.74) is 0. The third-order valence-corrected chi connectivity index (χ3v) is 3.09. The molecule has 3 heterocycles. The highest BCUT2D eigenvalue weighted by Gasteiger charge is 2.26. The Morgan fingerprint density at radius 2 is 2.29 bits per heavy atom. The van der Waals surface area contributed by atoms with Crippen molar-refractivity contribution in [3.8, 4) is 0 Å². The number of fused-ring (bicyclic) bond motifs is 1. The highest BCUT2D eigenvalue weighted by Crippen LogP contribution is 2.19. The van der Waals surface area contributed by atoms with Crippen LogP contribution in [0.3, 0.4) is 0 Å². The molecular weight excluding hydrogens is 222 g/mol. The molecule has 2 aliphatic rings. The first-order valence-electron chi connectivity index (χ1n) is 5.84. The molecule has 2 N–H and O–H groups in total. The van der Waals surface area contributed by atoms with Crippen molar-refractivity contribution in [2.45, 2.75) is 25.6 Å². The van der Waals surface area contributed by atoms with Crippen LogP contribution in [0, 0.1) is 0 Å². The van der Waals surface area contributed by atoms with Crippen molar-refractivity contribution < 1.29 is 9.53 Å². The van der Waals surface area contributed by atoms with E-state index >= 15 is 0 Å². The third kappa shape index (κ3) is 2.03. The molecule has 17 heavy (non-hydrogen) atoms. The molecule has 1 unspecified atom stereocenters. The van der Waals surface area contributed by atoms with Gasteiger partial charge >= 0.3 is 0 Å². The van der Waals surface area contributed by atoms with E-state index in [-0.39, 0.29) is 11.9 Å². The van der Waals surface area contributed by atoms with Crippen molar-refractivity contribution in [1.82, 2.24) is 25.4 Å². The molecule has 0 radical (unpaired) electrons.